The van der Waals surface area contributed by atoms with Crippen molar-refractivity contribution in [2.45, 2.75) is 120 Å². The van der Waals surface area contributed by atoms with Crippen LogP contribution in [-0.2, 0) is 28.4 Å². The molecule has 0 bridgehead atoms. The lowest BCUT2D eigenvalue weighted by Crippen LogP contribution is -2.88. The second-order valence-corrected chi connectivity index (χ2v) is 11.7. The molecule has 0 unspecified atom stereocenters. The van der Waals surface area contributed by atoms with Gasteiger partial charge in [-0.2, -0.15) is 158 Å². The molecule has 2 aliphatic carbocycles. The third-order valence-corrected chi connectivity index (χ3v) is 7.75. The number of hydrogen-bond donors (Lipinski definition) is 0. The molecular weight excluding hydrogens is 1020 g/mol. The second kappa shape index (κ2) is 12.6. The first-order chi connectivity index (χ1) is 26.2. The lowest BCUT2D eigenvalue weighted by molar-refractivity contribution is -0.633. The molecule has 1 heterocycles. The SMILES string of the molecule is FC1(F)OC(F)(F)C(F)(F)O[C@]2(F)C(F)(F)C(F)(F)C(F)(F)C(F)(F)[C@]2(F)OC(F)(F)C(F)(F)OC(F)(F)C(F)(F)O[C@]2(F)C(F)(F)C(F)(F)C(F)(F)C(F)(F)[C@]2(F)OC1(F)F. The number of hydrogen-bond acceptors (Lipinski definition) is 6. The summed E-state index contributed by atoms with van der Waals surface area (Å²) < 4.78 is 520. The van der Waals surface area contributed by atoms with Crippen molar-refractivity contribution in [3.63, 3.8) is 0 Å². The van der Waals surface area contributed by atoms with Gasteiger partial charge in [-0.25, -0.2) is 9.47 Å². The van der Waals surface area contributed by atoms with E-state index >= 15 is 17.6 Å². The second-order valence-electron chi connectivity index (χ2n) is 11.7. The van der Waals surface area contributed by atoms with E-state index in [1.807, 2.05) is 0 Å². The number of ether oxygens (including phenoxy) is 6. The fraction of sp³-hybridized carbons (Fsp3) is 1.00. The Hall–Kier alpha value is -2.76. The zero-order valence-electron chi connectivity index (χ0n) is 26.1. The molecule has 4 atom stereocenters. The Morgan fingerprint density at radius 3 is 0.339 bits per heavy atom. The van der Waals surface area contributed by atoms with Gasteiger partial charge in [-0.05, 0) is 0 Å². The van der Waals surface area contributed by atoms with E-state index in [-0.39, 0.29) is 0 Å². The molecule has 0 aromatic rings. The summed E-state index contributed by atoms with van der Waals surface area (Å²) in [6.45, 7) is 0. The van der Waals surface area contributed by atoms with Crippen LogP contribution in [0.1, 0.15) is 0 Å². The number of rotatable bonds is 0. The van der Waals surface area contributed by atoms with E-state index in [2.05, 4.69) is 0 Å². The molecule has 3 aliphatic rings. The maximum absolute atomic E-state index is 15.3. The smallest absolute Gasteiger partial charge is 0.265 e. The lowest BCUT2D eigenvalue weighted by atomic mass is 9.77. The van der Waals surface area contributed by atoms with Gasteiger partial charge in [0.15, 0.2) is 0 Å². The van der Waals surface area contributed by atoms with Gasteiger partial charge in [-0.1, -0.05) is 0 Å². The van der Waals surface area contributed by atoms with E-state index in [9.17, 15) is 140 Å². The van der Waals surface area contributed by atoms with E-state index in [1.54, 1.807) is 0 Å². The van der Waals surface area contributed by atoms with Crippen LogP contribution in [0.15, 0.2) is 0 Å². The Balaban J connectivity index is 2.64. The van der Waals surface area contributed by atoms with Crippen LogP contribution in [0.3, 0.4) is 0 Å². The molecule has 0 aromatic heterocycles. The van der Waals surface area contributed by atoms with Crippen LogP contribution in [0.2, 0.25) is 0 Å². The number of fused-ring (bicyclic) bond motifs is 2. The minimum Gasteiger partial charge on any atom is -0.265 e. The summed E-state index contributed by atoms with van der Waals surface area (Å²) in [6.07, 6.45) is -73.9. The highest BCUT2D eigenvalue weighted by Gasteiger charge is 3.06. The van der Waals surface area contributed by atoms with Crippen molar-refractivity contribution in [1.29, 1.82) is 0 Å². The van der Waals surface area contributed by atoms with Crippen molar-refractivity contribution < 1.29 is 186 Å². The molecular formula is C20F36O6. The fourth-order valence-corrected chi connectivity index (χ4v) is 4.43. The molecule has 0 aromatic carbocycles. The van der Waals surface area contributed by atoms with Crippen LogP contribution >= 0.6 is 0 Å². The molecule has 42 heteroatoms. The standard InChI is InChI=1S/C20F36O6/c21-1(22)2(23,24)6(31,32)10(38)9(37,5(1,29)30)57-13(41,42)17(49,50)61-19(53,54)15(45,46)59-11(39)7(33,34)3(25,26)4(27,28)8(35,36)12(11,40)60-16(47,48)20(55,56)62-18(51,52)14(43,44)58-10/t9-,10+,11+,12-. The Labute approximate surface area is 307 Å². The molecule has 1 aliphatic heterocycles. The van der Waals surface area contributed by atoms with E-state index in [0.29, 0.717) is 0 Å². The van der Waals surface area contributed by atoms with Crippen LogP contribution in [0.4, 0.5) is 158 Å². The molecule has 2 saturated carbocycles. The number of alkyl halides is 36. The van der Waals surface area contributed by atoms with Crippen LogP contribution in [0, 0.1) is 0 Å². The van der Waals surface area contributed by atoms with Crippen molar-refractivity contribution >= 4 is 0 Å². The largest absolute Gasteiger partial charge is 0.453 e. The first-order valence-electron chi connectivity index (χ1n) is 13.3. The van der Waals surface area contributed by atoms with E-state index in [1.165, 1.54) is 0 Å². The van der Waals surface area contributed by atoms with Gasteiger partial charge in [0.25, 0.3) is 0 Å². The van der Waals surface area contributed by atoms with Crippen LogP contribution in [0.5, 0.6) is 0 Å². The molecule has 3 rings (SSSR count). The summed E-state index contributed by atoms with van der Waals surface area (Å²) in [5, 5.41) is 0. The van der Waals surface area contributed by atoms with Gasteiger partial charge in [-0.3, -0.25) is 18.9 Å². The quantitative estimate of drug-likeness (QED) is 0.225. The normalized spacial score (nSPS) is 41.2. The Morgan fingerprint density at radius 1 is 0.129 bits per heavy atom. The Bertz CT molecular complexity index is 1530. The predicted molar refractivity (Wildman–Crippen MR) is 101 cm³/mol. The first-order valence-corrected chi connectivity index (χ1v) is 13.3. The Morgan fingerprint density at radius 2 is 0.226 bits per heavy atom. The average Bonchev–Trinajstić information content (AvgIpc) is 3.00. The van der Waals surface area contributed by atoms with Crippen LogP contribution in [-0.4, -0.2) is 120 Å². The maximum atomic E-state index is 15.3. The molecule has 3 fully saturated rings. The molecule has 1 saturated heterocycles. The monoisotopic (exact) mass is 1020 g/mol. The summed E-state index contributed by atoms with van der Waals surface area (Å²) in [5.74, 6) is -112. The van der Waals surface area contributed by atoms with Gasteiger partial charge in [0.2, 0.25) is 0 Å². The minimum absolute atomic E-state index is 0.822. The van der Waals surface area contributed by atoms with Gasteiger partial charge < -0.3 is 0 Å². The van der Waals surface area contributed by atoms with E-state index in [0.717, 1.165) is 28.4 Å². The first kappa shape index (κ1) is 53.6. The summed E-state index contributed by atoms with van der Waals surface area (Å²) >= 11 is 0. The lowest BCUT2D eigenvalue weighted by Gasteiger charge is -2.55. The molecule has 0 radical (unpaired) electrons. The van der Waals surface area contributed by atoms with Gasteiger partial charge in [0.05, 0.1) is 0 Å². The van der Waals surface area contributed by atoms with Crippen molar-refractivity contribution in [2.75, 3.05) is 0 Å². The molecule has 62 heavy (non-hydrogen) atoms. The van der Waals surface area contributed by atoms with Crippen molar-refractivity contribution in [1.82, 2.24) is 0 Å². The minimum atomic E-state index is -9.61. The van der Waals surface area contributed by atoms with Crippen molar-refractivity contribution in [2.24, 2.45) is 0 Å². The van der Waals surface area contributed by atoms with Crippen molar-refractivity contribution in [3.05, 3.63) is 0 Å². The average molecular weight is 1020 g/mol. The topological polar surface area (TPSA) is 55.4 Å². The molecule has 0 spiro atoms. The summed E-state index contributed by atoms with van der Waals surface area (Å²) in [7, 11) is 0. The highest BCUT2D eigenvalue weighted by molar-refractivity contribution is 5.26. The highest BCUT2D eigenvalue weighted by atomic mass is 19.4. The molecule has 368 valence electrons. The summed E-state index contributed by atoms with van der Waals surface area (Å²) in [6, 6.07) is 0. The molecule has 6 nitrogen and oxygen atoms in total. The third kappa shape index (κ3) is 5.76. The number of halogens is 36. The molecule has 0 N–H and O–H groups in total. The van der Waals surface area contributed by atoms with E-state index in [4.69, 9.17) is 0 Å². The zero-order valence-corrected chi connectivity index (χ0v) is 26.1. The van der Waals surface area contributed by atoms with Gasteiger partial charge in [-0.15, -0.1) is 0 Å². The summed E-state index contributed by atoms with van der Waals surface area (Å²) in [4.78, 5) is 0. The molecule has 0 amide bonds. The van der Waals surface area contributed by atoms with Gasteiger partial charge >= 0.3 is 120 Å². The highest BCUT2D eigenvalue weighted by Crippen LogP contribution is 2.74. The Kier molecular flexibility index (Phi) is 10.9. The zero-order chi connectivity index (χ0) is 50.2. The van der Waals surface area contributed by atoms with E-state index < -0.39 is 120 Å². The third-order valence-electron chi connectivity index (χ3n) is 7.75. The maximum Gasteiger partial charge on any atom is 0.453 e. The summed E-state index contributed by atoms with van der Waals surface area (Å²) in [5.41, 5.74) is 0. The fourth-order valence-electron chi connectivity index (χ4n) is 4.43. The van der Waals surface area contributed by atoms with Crippen molar-refractivity contribution in [3.8, 4) is 0 Å². The predicted octanol–water partition coefficient (Wildman–Crippen LogP) is 10.6. The van der Waals surface area contributed by atoms with Gasteiger partial charge in [0, 0.05) is 0 Å². The van der Waals surface area contributed by atoms with Gasteiger partial charge in [0.1, 0.15) is 0 Å². The van der Waals surface area contributed by atoms with Crippen LogP contribution < -0.4 is 0 Å². The van der Waals surface area contributed by atoms with Crippen LogP contribution in [0.25, 0.3) is 0 Å².